The second-order valence-electron chi connectivity index (χ2n) is 2.24. The molecule has 0 aliphatic heterocycles. The summed E-state index contributed by atoms with van der Waals surface area (Å²) in [7, 11) is 0. The van der Waals surface area contributed by atoms with Crippen molar-refractivity contribution in [2.75, 3.05) is 5.73 Å². The highest BCUT2D eigenvalue weighted by Gasteiger charge is 2.00. The summed E-state index contributed by atoms with van der Waals surface area (Å²) in [6, 6.07) is 0. The highest BCUT2D eigenvalue weighted by atomic mass is 16.1. The smallest absolute Gasteiger partial charge is 0.261 e. The van der Waals surface area contributed by atoms with Gasteiger partial charge in [0.05, 0.1) is 17.8 Å². The average Bonchev–Trinajstić information content (AvgIpc) is 2.04. The van der Waals surface area contributed by atoms with Crippen molar-refractivity contribution in [2.45, 2.75) is 0 Å². The number of nitrogen functional groups attached to an aromatic ring is 1. The lowest BCUT2D eigenvalue weighted by molar-refractivity contribution is 1.03. The van der Waals surface area contributed by atoms with Gasteiger partial charge in [-0.25, -0.2) is 4.98 Å². The molecule has 0 aromatic carbocycles. The van der Waals surface area contributed by atoms with Crippen LogP contribution in [0.5, 0.6) is 0 Å². The van der Waals surface area contributed by atoms with Crippen molar-refractivity contribution in [2.24, 2.45) is 0 Å². The monoisotopic (exact) mass is 163 g/mol. The third-order valence-electron chi connectivity index (χ3n) is 1.44. The highest BCUT2D eigenvalue weighted by molar-refractivity contribution is 5.75. The van der Waals surface area contributed by atoms with Gasteiger partial charge < -0.3 is 5.73 Å². The third kappa shape index (κ3) is 0.895. The molecule has 0 bridgehead atoms. The van der Waals surface area contributed by atoms with Crippen LogP contribution in [0, 0.1) is 0 Å². The van der Waals surface area contributed by atoms with Crippen molar-refractivity contribution < 1.29 is 0 Å². The van der Waals surface area contributed by atoms with Crippen molar-refractivity contribution >= 4 is 16.9 Å². The summed E-state index contributed by atoms with van der Waals surface area (Å²) in [4.78, 5) is 17.4. The predicted molar refractivity (Wildman–Crippen MR) is 42.4 cm³/mol. The van der Waals surface area contributed by atoms with E-state index in [1.807, 2.05) is 0 Å². The molecule has 0 atom stereocenters. The number of aromatic amines is 1. The van der Waals surface area contributed by atoms with Gasteiger partial charge in [0.1, 0.15) is 5.52 Å². The molecule has 0 fully saturated rings. The van der Waals surface area contributed by atoms with Gasteiger partial charge in [0, 0.05) is 0 Å². The molecule has 60 valence electrons. The van der Waals surface area contributed by atoms with E-state index in [1.165, 1.54) is 12.4 Å². The fourth-order valence-electron chi connectivity index (χ4n) is 0.920. The van der Waals surface area contributed by atoms with Crippen LogP contribution in [0.1, 0.15) is 0 Å². The Morgan fingerprint density at radius 3 is 2.92 bits per heavy atom. The van der Waals surface area contributed by atoms with E-state index < -0.39 is 0 Å². The van der Waals surface area contributed by atoms with Crippen molar-refractivity contribution in [1.82, 2.24) is 20.2 Å². The van der Waals surface area contributed by atoms with Gasteiger partial charge in [-0.05, 0) is 0 Å². The zero-order valence-corrected chi connectivity index (χ0v) is 5.98. The molecule has 6 heteroatoms. The van der Waals surface area contributed by atoms with Gasteiger partial charge in [0.25, 0.3) is 5.56 Å². The maximum atomic E-state index is 11.2. The average molecular weight is 163 g/mol. The molecule has 0 aliphatic carbocycles. The SMILES string of the molecule is Nc1nc2cnncc2c(=O)[nH]1. The van der Waals surface area contributed by atoms with Gasteiger partial charge in [-0.1, -0.05) is 0 Å². The van der Waals surface area contributed by atoms with E-state index in [1.54, 1.807) is 0 Å². The van der Waals surface area contributed by atoms with E-state index in [0.29, 0.717) is 10.9 Å². The van der Waals surface area contributed by atoms with Gasteiger partial charge in [0.2, 0.25) is 5.95 Å². The van der Waals surface area contributed by atoms with E-state index in [9.17, 15) is 4.79 Å². The minimum Gasteiger partial charge on any atom is -0.369 e. The minimum atomic E-state index is -0.299. The van der Waals surface area contributed by atoms with Crippen LogP contribution in [0.25, 0.3) is 10.9 Å². The van der Waals surface area contributed by atoms with Gasteiger partial charge in [-0.15, -0.1) is 0 Å². The summed E-state index contributed by atoms with van der Waals surface area (Å²) < 4.78 is 0. The second-order valence-corrected chi connectivity index (χ2v) is 2.24. The number of nitrogens with one attached hydrogen (secondary N) is 1. The van der Waals surface area contributed by atoms with Crippen LogP contribution in [0.15, 0.2) is 17.2 Å². The lowest BCUT2D eigenvalue weighted by Crippen LogP contribution is -2.11. The van der Waals surface area contributed by atoms with Crippen molar-refractivity contribution in [1.29, 1.82) is 0 Å². The number of nitrogens with two attached hydrogens (primary N) is 1. The Balaban J connectivity index is 2.99. The number of anilines is 1. The van der Waals surface area contributed by atoms with Crippen molar-refractivity contribution in [3.8, 4) is 0 Å². The fourth-order valence-corrected chi connectivity index (χ4v) is 0.920. The van der Waals surface area contributed by atoms with Crippen LogP contribution >= 0.6 is 0 Å². The molecule has 2 aromatic rings. The molecule has 0 amide bonds. The number of rotatable bonds is 0. The summed E-state index contributed by atoms with van der Waals surface area (Å²) in [5.41, 5.74) is 5.46. The lowest BCUT2D eigenvalue weighted by atomic mass is 10.3. The fraction of sp³-hybridized carbons (Fsp3) is 0. The first-order valence-corrected chi connectivity index (χ1v) is 3.23. The molecule has 0 unspecified atom stereocenters. The first-order valence-electron chi connectivity index (χ1n) is 3.23. The van der Waals surface area contributed by atoms with Gasteiger partial charge in [-0.3, -0.25) is 9.78 Å². The van der Waals surface area contributed by atoms with Crippen LogP contribution in [0.4, 0.5) is 5.95 Å². The lowest BCUT2D eigenvalue weighted by Gasteiger charge is -1.94. The number of fused-ring (bicyclic) bond motifs is 1. The Morgan fingerprint density at radius 1 is 1.33 bits per heavy atom. The number of hydrogen-bond acceptors (Lipinski definition) is 5. The van der Waals surface area contributed by atoms with E-state index in [4.69, 9.17) is 5.73 Å². The van der Waals surface area contributed by atoms with Crippen LogP contribution in [-0.4, -0.2) is 20.2 Å². The summed E-state index contributed by atoms with van der Waals surface area (Å²) in [6.45, 7) is 0. The standard InChI is InChI=1S/C6H5N5O/c7-6-10-4-2-9-8-1-3(4)5(12)11-6/h1-2H,(H3,7,10,11,12). The summed E-state index contributed by atoms with van der Waals surface area (Å²) in [5.74, 6) is 0.0838. The van der Waals surface area contributed by atoms with Crippen LogP contribution in [-0.2, 0) is 0 Å². The van der Waals surface area contributed by atoms with Crippen molar-refractivity contribution in [3.63, 3.8) is 0 Å². The predicted octanol–water partition coefficient (Wildman–Crippen LogP) is -0.705. The van der Waals surface area contributed by atoms with Gasteiger partial charge in [-0.2, -0.15) is 10.2 Å². The molecule has 2 heterocycles. The largest absolute Gasteiger partial charge is 0.369 e. The van der Waals surface area contributed by atoms with Crippen molar-refractivity contribution in [3.05, 3.63) is 22.7 Å². The molecular weight excluding hydrogens is 158 g/mol. The van der Waals surface area contributed by atoms with Crippen LogP contribution < -0.4 is 11.3 Å². The Kier molecular flexibility index (Phi) is 1.26. The highest BCUT2D eigenvalue weighted by Crippen LogP contribution is 2.01. The zero-order valence-electron chi connectivity index (χ0n) is 5.98. The quantitative estimate of drug-likeness (QED) is 0.535. The molecule has 6 nitrogen and oxygen atoms in total. The Hall–Kier alpha value is -1.98. The Morgan fingerprint density at radius 2 is 2.08 bits per heavy atom. The van der Waals surface area contributed by atoms with Crippen LogP contribution in [0.3, 0.4) is 0 Å². The zero-order chi connectivity index (χ0) is 8.55. The Bertz CT molecular complexity index is 477. The minimum absolute atomic E-state index is 0.0838. The number of hydrogen-bond donors (Lipinski definition) is 2. The molecule has 12 heavy (non-hydrogen) atoms. The maximum absolute atomic E-state index is 11.2. The van der Waals surface area contributed by atoms with E-state index in [2.05, 4.69) is 20.2 Å². The maximum Gasteiger partial charge on any atom is 0.261 e. The summed E-state index contributed by atoms with van der Waals surface area (Å²) in [5, 5.41) is 7.51. The molecule has 0 saturated carbocycles. The number of aromatic nitrogens is 4. The molecule has 2 aromatic heterocycles. The molecule has 3 N–H and O–H groups in total. The molecule has 0 spiro atoms. The second kappa shape index (κ2) is 2.26. The first kappa shape index (κ1) is 6.71. The Labute approximate surface area is 66.5 Å². The summed E-state index contributed by atoms with van der Waals surface area (Å²) >= 11 is 0. The number of H-pyrrole nitrogens is 1. The van der Waals surface area contributed by atoms with Gasteiger partial charge in [0.15, 0.2) is 0 Å². The molecule has 2 rings (SSSR count). The molecule has 0 saturated heterocycles. The number of nitrogens with zero attached hydrogens (tertiary/aromatic N) is 3. The van der Waals surface area contributed by atoms with Crippen LogP contribution in [0.2, 0.25) is 0 Å². The van der Waals surface area contributed by atoms with E-state index in [0.717, 1.165) is 0 Å². The van der Waals surface area contributed by atoms with E-state index in [-0.39, 0.29) is 11.5 Å². The summed E-state index contributed by atoms with van der Waals surface area (Å²) in [6.07, 6.45) is 2.74. The molecule has 0 aliphatic rings. The normalized spacial score (nSPS) is 10.3. The third-order valence-corrected chi connectivity index (χ3v) is 1.44. The topological polar surface area (TPSA) is 97.5 Å². The first-order chi connectivity index (χ1) is 5.77. The molecular formula is C6H5N5O. The molecule has 0 radical (unpaired) electrons. The van der Waals surface area contributed by atoms with E-state index >= 15 is 0 Å². The van der Waals surface area contributed by atoms with Gasteiger partial charge >= 0.3 is 0 Å².